The zero-order valence-corrected chi connectivity index (χ0v) is 10.0. The van der Waals surface area contributed by atoms with Gasteiger partial charge in [0.05, 0.1) is 0 Å². The fourth-order valence-corrected chi connectivity index (χ4v) is 2.00. The molecule has 2 rings (SSSR count). The van der Waals surface area contributed by atoms with Gasteiger partial charge in [-0.25, -0.2) is 0 Å². The van der Waals surface area contributed by atoms with Gasteiger partial charge in [0.2, 0.25) is 0 Å². The Hall–Kier alpha value is -1.42. The molecule has 0 aliphatic heterocycles. The summed E-state index contributed by atoms with van der Waals surface area (Å²) in [6.45, 7) is 0.429. The predicted octanol–water partition coefficient (Wildman–Crippen LogP) is 1.94. The molecule has 17 heavy (non-hydrogen) atoms. The largest absolute Gasteiger partial charge is 0.507 e. The van der Waals surface area contributed by atoms with Crippen LogP contribution in [-0.4, -0.2) is 39.5 Å². The normalized spacial score (nSPS) is 14.6. The minimum atomic E-state index is -0.358. The SMILES string of the molecule is O=C(c1c(O)cccc1O)N(CCCl)C1CC1. The number of aromatic hydroxyl groups is 2. The summed E-state index contributed by atoms with van der Waals surface area (Å²) in [5.41, 5.74) is -0.0375. The molecule has 5 heteroatoms. The number of alkyl halides is 1. The first-order valence-electron chi connectivity index (χ1n) is 5.53. The van der Waals surface area contributed by atoms with E-state index in [1.807, 2.05) is 0 Å². The summed E-state index contributed by atoms with van der Waals surface area (Å²) in [5.74, 6) is -0.412. The van der Waals surface area contributed by atoms with Crippen molar-refractivity contribution >= 4 is 17.5 Å². The van der Waals surface area contributed by atoms with Gasteiger partial charge in [-0.2, -0.15) is 0 Å². The Balaban J connectivity index is 2.28. The highest BCUT2D eigenvalue weighted by Crippen LogP contribution is 2.33. The lowest BCUT2D eigenvalue weighted by atomic mass is 10.1. The van der Waals surface area contributed by atoms with Crippen molar-refractivity contribution in [2.24, 2.45) is 0 Å². The molecule has 4 nitrogen and oxygen atoms in total. The molecule has 0 saturated heterocycles. The molecule has 1 saturated carbocycles. The summed E-state index contributed by atoms with van der Waals surface area (Å²) in [6, 6.07) is 4.46. The van der Waals surface area contributed by atoms with Crippen molar-refractivity contribution in [1.29, 1.82) is 0 Å². The topological polar surface area (TPSA) is 60.8 Å². The fourth-order valence-electron chi connectivity index (χ4n) is 1.82. The van der Waals surface area contributed by atoms with Crippen LogP contribution in [0.2, 0.25) is 0 Å². The molecule has 0 unspecified atom stereocenters. The zero-order chi connectivity index (χ0) is 12.4. The third kappa shape index (κ3) is 2.47. The molecule has 1 aromatic rings. The highest BCUT2D eigenvalue weighted by molar-refractivity contribution is 6.18. The van der Waals surface area contributed by atoms with Crippen LogP contribution in [0.3, 0.4) is 0 Å². The maximum atomic E-state index is 12.2. The molecule has 0 aromatic heterocycles. The van der Waals surface area contributed by atoms with E-state index in [0.29, 0.717) is 12.4 Å². The summed E-state index contributed by atoms with van der Waals surface area (Å²) in [7, 11) is 0. The third-order valence-corrected chi connectivity index (χ3v) is 2.98. The Morgan fingerprint density at radius 3 is 2.41 bits per heavy atom. The van der Waals surface area contributed by atoms with Gasteiger partial charge in [-0.3, -0.25) is 4.79 Å². The van der Waals surface area contributed by atoms with E-state index in [-0.39, 0.29) is 29.0 Å². The second-order valence-corrected chi connectivity index (χ2v) is 4.47. The van der Waals surface area contributed by atoms with Crippen LogP contribution in [0.25, 0.3) is 0 Å². The Kier molecular flexibility index (Phi) is 3.43. The lowest BCUT2D eigenvalue weighted by Crippen LogP contribution is -2.34. The number of hydrogen-bond donors (Lipinski definition) is 2. The average Bonchev–Trinajstić information content (AvgIpc) is 3.09. The van der Waals surface area contributed by atoms with E-state index < -0.39 is 0 Å². The molecular formula is C12H14ClNO3. The van der Waals surface area contributed by atoms with E-state index in [1.54, 1.807) is 4.90 Å². The van der Waals surface area contributed by atoms with Crippen LogP contribution >= 0.6 is 11.6 Å². The van der Waals surface area contributed by atoms with Crippen LogP contribution in [0.1, 0.15) is 23.2 Å². The van der Waals surface area contributed by atoms with Crippen LogP contribution in [0.5, 0.6) is 11.5 Å². The molecule has 1 aromatic carbocycles. The van der Waals surface area contributed by atoms with E-state index in [0.717, 1.165) is 12.8 Å². The zero-order valence-electron chi connectivity index (χ0n) is 9.27. The maximum absolute atomic E-state index is 12.2. The highest BCUT2D eigenvalue weighted by Gasteiger charge is 2.34. The van der Waals surface area contributed by atoms with Crippen LogP contribution in [0, 0.1) is 0 Å². The van der Waals surface area contributed by atoms with Gasteiger partial charge in [0, 0.05) is 18.5 Å². The lowest BCUT2D eigenvalue weighted by Gasteiger charge is -2.22. The quantitative estimate of drug-likeness (QED) is 0.809. The van der Waals surface area contributed by atoms with Crippen molar-refractivity contribution in [2.45, 2.75) is 18.9 Å². The van der Waals surface area contributed by atoms with E-state index in [9.17, 15) is 15.0 Å². The highest BCUT2D eigenvalue weighted by atomic mass is 35.5. The molecule has 1 aliphatic rings. The predicted molar refractivity (Wildman–Crippen MR) is 64.6 cm³/mol. The van der Waals surface area contributed by atoms with Gasteiger partial charge >= 0.3 is 0 Å². The van der Waals surface area contributed by atoms with Crippen molar-refractivity contribution in [3.8, 4) is 11.5 Å². The summed E-state index contributed by atoms with van der Waals surface area (Å²) < 4.78 is 0. The third-order valence-electron chi connectivity index (χ3n) is 2.81. The first kappa shape index (κ1) is 12.0. The molecule has 0 heterocycles. The first-order valence-corrected chi connectivity index (χ1v) is 6.06. The fraction of sp³-hybridized carbons (Fsp3) is 0.417. The second-order valence-electron chi connectivity index (χ2n) is 4.09. The van der Waals surface area contributed by atoms with Crippen LogP contribution in [-0.2, 0) is 0 Å². The number of carbonyl (C=O) groups excluding carboxylic acids is 1. The van der Waals surface area contributed by atoms with E-state index in [4.69, 9.17) is 11.6 Å². The number of benzene rings is 1. The molecule has 1 amide bonds. The molecule has 0 radical (unpaired) electrons. The maximum Gasteiger partial charge on any atom is 0.261 e. The average molecular weight is 256 g/mol. The van der Waals surface area contributed by atoms with Gasteiger partial charge < -0.3 is 15.1 Å². The summed E-state index contributed by atoms with van der Waals surface area (Å²) in [4.78, 5) is 13.8. The Morgan fingerprint density at radius 1 is 1.35 bits per heavy atom. The molecule has 0 bridgehead atoms. The number of halogens is 1. The van der Waals surface area contributed by atoms with Crippen LogP contribution in [0.15, 0.2) is 18.2 Å². The number of nitrogens with zero attached hydrogens (tertiary/aromatic N) is 1. The first-order chi connectivity index (χ1) is 8.15. The van der Waals surface area contributed by atoms with E-state index in [2.05, 4.69) is 0 Å². The van der Waals surface area contributed by atoms with Gasteiger partial charge in [-0.05, 0) is 25.0 Å². The van der Waals surface area contributed by atoms with Crippen molar-refractivity contribution < 1.29 is 15.0 Å². The molecular weight excluding hydrogens is 242 g/mol. The number of amides is 1. The van der Waals surface area contributed by atoms with Gasteiger partial charge in [0.25, 0.3) is 5.91 Å². The number of phenols is 2. The second kappa shape index (κ2) is 4.84. The summed E-state index contributed by atoms with van der Waals surface area (Å²) in [6.07, 6.45) is 1.91. The summed E-state index contributed by atoms with van der Waals surface area (Å²) >= 11 is 5.66. The van der Waals surface area contributed by atoms with Crippen LogP contribution in [0.4, 0.5) is 0 Å². The number of hydrogen-bond acceptors (Lipinski definition) is 3. The Labute approximate surface area is 104 Å². The summed E-state index contributed by atoms with van der Waals surface area (Å²) in [5, 5.41) is 19.3. The van der Waals surface area contributed by atoms with Crippen molar-refractivity contribution in [1.82, 2.24) is 4.90 Å². The lowest BCUT2D eigenvalue weighted by molar-refractivity contribution is 0.0747. The van der Waals surface area contributed by atoms with Gasteiger partial charge in [0.15, 0.2) is 0 Å². The standard InChI is InChI=1S/C12H14ClNO3/c13-6-7-14(8-4-5-8)12(17)11-9(15)2-1-3-10(11)16/h1-3,8,15-16H,4-7H2. The minimum Gasteiger partial charge on any atom is -0.507 e. The van der Waals surface area contributed by atoms with Crippen LogP contribution < -0.4 is 0 Å². The van der Waals surface area contributed by atoms with Gasteiger partial charge in [-0.1, -0.05) is 6.07 Å². The van der Waals surface area contributed by atoms with E-state index >= 15 is 0 Å². The van der Waals surface area contributed by atoms with Gasteiger partial charge in [0.1, 0.15) is 17.1 Å². The number of rotatable bonds is 4. The molecule has 1 fully saturated rings. The Morgan fingerprint density at radius 2 is 1.94 bits per heavy atom. The minimum absolute atomic E-state index is 0.0375. The number of carbonyl (C=O) groups is 1. The molecule has 1 aliphatic carbocycles. The molecule has 92 valence electrons. The van der Waals surface area contributed by atoms with E-state index in [1.165, 1.54) is 18.2 Å². The van der Waals surface area contributed by atoms with Crippen molar-refractivity contribution in [3.05, 3.63) is 23.8 Å². The van der Waals surface area contributed by atoms with Crippen molar-refractivity contribution in [2.75, 3.05) is 12.4 Å². The van der Waals surface area contributed by atoms with Crippen molar-refractivity contribution in [3.63, 3.8) is 0 Å². The monoisotopic (exact) mass is 255 g/mol. The van der Waals surface area contributed by atoms with Gasteiger partial charge in [-0.15, -0.1) is 11.6 Å². The number of phenolic OH excluding ortho intramolecular Hbond substituents is 2. The molecule has 0 atom stereocenters. The molecule has 0 spiro atoms. The Bertz CT molecular complexity index is 412. The molecule has 2 N–H and O–H groups in total. The smallest absolute Gasteiger partial charge is 0.261 e.